The molecule has 0 aliphatic heterocycles. The van der Waals surface area contributed by atoms with Crippen LogP contribution in [0.3, 0.4) is 0 Å². The number of rotatable bonds is 2. The van der Waals surface area contributed by atoms with Crippen molar-refractivity contribution in [1.82, 2.24) is 4.98 Å². The van der Waals surface area contributed by atoms with E-state index in [1.54, 1.807) is 11.6 Å². The number of thiazole rings is 1. The minimum absolute atomic E-state index is 0.276. The fourth-order valence-electron chi connectivity index (χ4n) is 1.07. The van der Waals surface area contributed by atoms with Crippen LogP contribution < -0.4 is 0 Å². The monoisotopic (exact) mass is 166 g/mol. The molecule has 0 atom stereocenters. The first-order valence-corrected chi connectivity index (χ1v) is 4.29. The Balaban J connectivity index is 2.35. The molecule has 0 bridgehead atoms. The van der Waals surface area contributed by atoms with Crippen LogP contribution in [0.1, 0.15) is 18.5 Å². The first kappa shape index (κ1) is 6.70. The molecule has 0 amide bonds. The molecule has 1 heterocycles. The highest BCUT2D eigenvalue weighted by atomic mass is 32.1. The zero-order chi connectivity index (χ0) is 7.73. The van der Waals surface area contributed by atoms with Crippen molar-refractivity contribution in [1.29, 1.82) is 0 Å². The maximum atomic E-state index is 10.0. The number of isocyanates is 1. The topological polar surface area (TPSA) is 42.3 Å². The van der Waals surface area contributed by atoms with Gasteiger partial charge in [0.05, 0.1) is 11.2 Å². The normalized spacial score (nSPS) is 18.9. The van der Waals surface area contributed by atoms with E-state index < -0.39 is 0 Å². The van der Waals surface area contributed by atoms with Gasteiger partial charge in [0.1, 0.15) is 5.54 Å². The third-order valence-electron chi connectivity index (χ3n) is 1.89. The van der Waals surface area contributed by atoms with Gasteiger partial charge in [-0.1, -0.05) is 0 Å². The lowest BCUT2D eigenvalue weighted by molar-refractivity contribution is 0.555. The molecule has 56 valence electrons. The Morgan fingerprint density at radius 2 is 2.55 bits per heavy atom. The van der Waals surface area contributed by atoms with Gasteiger partial charge < -0.3 is 0 Å². The summed E-state index contributed by atoms with van der Waals surface area (Å²) in [6, 6.07) is 0. The van der Waals surface area contributed by atoms with Crippen LogP contribution in [0.2, 0.25) is 0 Å². The third kappa shape index (κ3) is 1.00. The number of aliphatic imine (C=N–C) groups is 1. The van der Waals surface area contributed by atoms with Gasteiger partial charge in [0.2, 0.25) is 6.08 Å². The molecular formula is C7H6N2OS. The van der Waals surface area contributed by atoms with E-state index in [4.69, 9.17) is 0 Å². The molecule has 1 saturated carbocycles. The molecule has 0 unspecified atom stereocenters. The van der Waals surface area contributed by atoms with Gasteiger partial charge in [0.25, 0.3) is 0 Å². The van der Waals surface area contributed by atoms with Crippen molar-refractivity contribution in [2.45, 2.75) is 18.4 Å². The molecule has 1 aromatic heterocycles. The number of carbonyl (C=O) groups excluding carboxylic acids is 1. The smallest absolute Gasteiger partial charge is 0.235 e. The van der Waals surface area contributed by atoms with Crippen LogP contribution in [0.15, 0.2) is 15.9 Å². The molecule has 0 aromatic carbocycles. The Morgan fingerprint density at radius 1 is 1.73 bits per heavy atom. The molecule has 4 heteroatoms. The maximum Gasteiger partial charge on any atom is 0.235 e. The van der Waals surface area contributed by atoms with Gasteiger partial charge in [0, 0.05) is 5.38 Å². The van der Waals surface area contributed by atoms with Crippen molar-refractivity contribution in [2.75, 3.05) is 0 Å². The summed E-state index contributed by atoms with van der Waals surface area (Å²) < 4.78 is 0. The SMILES string of the molecule is O=C=NC1(c2cscn2)CC1. The molecule has 3 nitrogen and oxygen atoms in total. The van der Waals surface area contributed by atoms with Crippen molar-refractivity contribution in [3.05, 3.63) is 16.6 Å². The highest BCUT2D eigenvalue weighted by Gasteiger charge is 2.46. The largest absolute Gasteiger partial charge is 0.247 e. The molecular weight excluding hydrogens is 160 g/mol. The van der Waals surface area contributed by atoms with E-state index in [2.05, 4.69) is 9.98 Å². The lowest BCUT2D eigenvalue weighted by Crippen LogP contribution is -2.01. The predicted octanol–water partition coefficient (Wildman–Crippen LogP) is 1.47. The van der Waals surface area contributed by atoms with Crippen LogP contribution >= 0.6 is 11.3 Å². The van der Waals surface area contributed by atoms with Gasteiger partial charge >= 0.3 is 0 Å². The first-order valence-electron chi connectivity index (χ1n) is 3.35. The molecule has 1 aliphatic carbocycles. The number of nitrogens with zero attached hydrogens (tertiary/aromatic N) is 2. The van der Waals surface area contributed by atoms with Crippen molar-refractivity contribution in [2.24, 2.45) is 4.99 Å². The summed E-state index contributed by atoms with van der Waals surface area (Å²) in [6.07, 6.45) is 3.47. The van der Waals surface area contributed by atoms with Gasteiger partial charge in [-0.2, -0.15) is 4.99 Å². The van der Waals surface area contributed by atoms with Gasteiger partial charge in [0.15, 0.2) is 0 Å². The molecule has 0 radical (unpaired) electrons. The standard InChI is InChI=1S/C7H6N2OS/c10-4-9-7(1-2-7)6-3-11-5-8-6/h3,5H,1-2H2. The lowest BCUT2D eigenvalue weighted by atomic mass is 10.2. The van der Waals surface area contributed by atoms with Crippen molar-refractivity contribution >= 4 is 17.4 Å². The van der Waals surface area contributed by atoms with Gasteiger partial charge in [-0.05, 0) is 12.8 Å². The van der Waals surface area contributed by atoms with Crippen LogP contribution in [0.25, 0.3) is 0 Å². The molecule has 1 aromatic rings. The number of aromatic nitrogens is 1. The average molecular weight is 166 g/mol. The second kappa shape index (κ2) is 2.26. The summed E-state index contributed by atoms with van der Waals surface area (Å²) in [5.74, 6) is 0. The summed E-state index contributed by atoms with van der Waals surface area (Å²) in [6.45, 7) is 0. The summed E-state index contributed by atoms with van der Waals surface area (Å²) >= 11 is 1.53. The Kier molecular flexibility index (Phi) is 1.37. The highest BCUT2D eigenvalue weighted by molar-refractivity contribution is 7.07. The highest BCUT2D eigenvalue weighted by Crippen LogP contribution is 2.48. The van der Waals surface area contributed by atoms with Gasteiger partial charge in [-0.15, -0.1) is 11.3 Å². The molecule has 11 heavy (non-hydrogen) atoms. The van der Waals surface area contributed by atoms with Gasteiger partial charge in [-0.25, -0.2) is 9.78 Å². The molecule has 2 rings (SSSR count). The minimum Gasteiger partial charge on any atom is -0.247 e. The summed E-state index contributed by atoms with van der Waals surface area (Å²) in [7, 11) is 0. The van der Waals surface area contributed by atoms with Crippen LogP contribution in [-0.4, -0.2) is 11.1 Å². The minimum atomic E-state index is -0.276. The van der Waals surface area contributed by atoms with Crippen LogP contribution in [0, 0.1) is 0 Å². The lowest BCUT2D eigenvalue weighted by Gasteiger charge is -1.99. The summed E-state index contributed by atoms with van der Waals surface area (Å²) in [5.41, 5.74) is 2.41. The van der Waals surface area contributed by atoms with Gasteiger partial charge in [-0.3, -0.25) is 0 Å². The van der Waals surface area contributed by atoms with Crippen LogP contribution in [0.4, 0.5) is 0 Å². The Bertz CT molecular complexity index is 296. The summed E-state index contributed by atoms with van der Waals surface area (Å²) in [4.78, 5) is 17.9. The second-order valence-electron chi connectivity index (χ2n) is 2.61. The summed E-state index contributed by atoms with van der Waals surface area (Å²) in [5, 5.41) is 1.94. The van der Waals surface area contributed by atoms with E-state index in [0.29, 0.717) is 0 Å². The molecule has 1 fully saturated rings. The first-order chi connectivity index (χ1) is 5.37. The second-order valence-corrected chi connectivity index (χ2v) is 3.33. The molecule has 0 N–H and O–H groups in total. The molecule has 1 aliphatic rings. The molecule has 0 spiro atoms. The van der Waals surface area contributed by atoms with E-state index in [1.165, 1.54) is 11.3 Å². The van der Waals surface area contributed by atoms with E-state index in [9.17, 15) is 4.79 Å². The Labute approximate surface area is 67.8 Å². The Morgan fingerprint density at radius 3 is 3.00 bits per heavy atom. The Hall–Kier alpha value is -0.990. The molecule has 0 saturated heterocycles. The number of hydrogen-bond donors (Lipinski definition) is 0. The fourth-order valence-corrected chi connectivity index (χ4v) is 1.72. The van der Waals surface area contributed by atoms with Crippen molar-refractivity contribution in [3.8, 4) is 0 Å². The van der Waals surface area contributed by atoms with Crippen LogP contribution in [0.5, 0.6) is 0 Å². The average Bonchev–Trinajstić information content (AvgIpc) is 2.63. The zero-order valence-corrected chi connectivity index (χ0v) is 6.60. The zero-order valence-electron chi connectivity index (χ0n) is 5.78. The third-order valence-corrected chi connectivity index (χ3v) is 2.48. The predicted molar refractivity (Wildman–Crippen MR) is 41.1 cm³/mol. The van der Waals surface area contributed by atoms with E-state index in [0.717, 1.165) is 18.5 Å². The van der Waals surface area contributed by atoms with E-state index in [1.807, 2.05) is 5.38 Å². The van der Waals surface area contributed by atoms with Crippen molar-refractivity contribution in [3.63, 3.8) is 0 Å². The number of hydrogen-bond acceptors (Lipinski definition) is 4. The fraction of sp³-hybridized carbons (Fsp3) is 0.429. The quantitative estimate of drug-likeness (QED) is 0.493. The van der Waals surface area contributed by atoms with Crippen molar-refractivity contribution < 1.29 is 4.79 Å². The maximum absolute atomic E-state index is 10.0. The van der Waals surface area contributed by atoms with E-state index in [-0.39, 0.29) is 5.54 Å². The van der Waals surface area contributed by atoms with Crippen LogP contribution in [-0.2, 0) is 10.3 Å². The van der Waals surface area contributed by atoms with E-state index >= 15 is 0 Å².